The molecule has 0 saturated heterocycles. The van der Waals surface area contributed by atoms with Gasteiger partial charge in [-0.2, -0.15) is 0 Å². The third-order valence-electron chi connectivity index (χ3n) is 2.70. The second-order valence-corrected chi connectivity index (χ2v) is 5.14. The summed E-state index contributed by atoms with van der Waals surface area (Å²) in [6, 6.07) is 11.4. The van der Waals surface area contributed by atoms with Gasteiger partial charge in [-0.1, -0.05) is 23.7 Å². The summed E-state index contributed by atoms with van der Waals surface area (Å²) in [5, 5.41) is 0.685. The number of pyridine rings is 1. The monoisotopic (exact) mass is 321 g/mol. The molecule has 18 heavy (non-hydrogen) atoms. The lowest BCUT2D eigenvalue weighted by Gasteiger charge is -2.02. The van der Waals surface area contributed by atoms with Crippen molar-refractivity contribution in [2.45, 2.75) is 0 Å². The zero-order chi connectivity index (χ0) is 12.7. The number of nitrogen functional groups attached to an aromatic ring is 1. The topological polar surface area (TPSA) is 43.3 Å². The maximum atomic E-state index is 6.01. The van der Waals surface area contributed by atoms with Crippen molar-refractivity contribution in [1.29, 1.82) is 0 Å². The first-order valence-corrected chi connectivity index (χ1v) is 6.51. The van der Waals surface area contributed by atoms with Crippen LogP contribution in [-0.2, 0) is 0 Å². The quantitative estimate of drug-likeness (QED) is 0.736. The molecule has 0 spiro atoms. The van der Waals surface area contributed by atoms with Gasteiger partial charge in [0.1, 0.15) is 10.4 Å². The summed E-state index contributed by atoms with van der Waals surface area (Å²) in [4.78, 5) is 4.51. The molecule has 2 heterocycles. The van der Waals surface area contributed by atoms with Gasteiger partial charge in [-0.3, -0.25) is 4.40 Å². The first-order valence-electron chi connectivity index (χ1n) is 5.34. The fraction of sp³-hybridized carbons (Fsp3) is 0. The number of anilines is 1. The van der Waals surface area contributed by atoms with Crippen LogP contribution in [0.4, 0.5) is 5.69 Å². The predicted molar refractivity (Wildman–Crippen MR) is 77.8 cm³/mol. The number of benzene rings is 1. The maximum absolute atomic E-state index is 6.01. The van der Waals surface area contributed by atoms with Gasteiger partial charge in [-0.25, -0.2) is 4.98 Å². The van der Waals surface area contributed by atoms with Crippen molar-refractivity contribution in [3.8, 4) is 11.4 Å². The molecule has 2 aromatic heterocycles. The normalized spacial score (nSPS) is 11.0. The van der Waals surface area contributed by atoms with Crippen molar-refractivity contribution < 1.29 is 0 Å². The molecule has 90 valence electrons. The highest BCUT2D eigenvalue weighted by Crippen LogP contribution is 2.28. The number of halogens is 2. The van der Waals surface area contributed by atoms with E-state index in [1.807, 2.05) is 47.0 Å². The van der Waals surface area contributed by atoms with Crippen molar-refractivity contribution in [3.63, 3.8) is 0 Å². The van der Waals surface area contributed by atoms with Gasteiger partial charge in [-0.05, 0) is 40.2 Å². The maximum Gasteiger partial charge on any atom is 0.146 e. The third kappa shape index (κ3) is 1.87. The molecule has 0 aliphatic rings. The fourth-order valence-corrected chi connectivity index (χ4v) is 2.58. The summed E-state index contributed by atoms with van der Waals surface area (Å²) in [6.45, 7) is 0. The smallest absolute Gasteiger partial charge is 0.146 e. The van der Waals surface area contributed by atoms with E-state index in [1.165, 1.54) is 0 Å². The van der Waals surface area contributed by atoms with E-state index in [0.717, 1.165) is 21.5 Å². The summed E-state index contributed by atoms with van der Waals surface area (Å²) < 4.78 is 2.74. The number of hydrogen-bond acceptors (Lipinski definition) is 2. The molecule has 0 saturated carbocycles. The van der Waals surface area contributed by atoms with Crippen molar-refractivity contribution in [1.82, 2.24) is 9.38 Å². The lowest BCUT2D eigenvalue weighted by molar-refractivity contribution is 1.16. The SMILES string of the molecule is Nc1ccc2c(Br)nc(-c3cccc(Cl)c3)n2c1. The first kappa shape index (κ1) is 11.6. The Morgan fingerprint density at radius 3 is 2.83 bits per heavy atom. The van der Waals surface area contributed by atoms with Crippen LogP contribution in [-0.4, -0.2) is 9.38 Å². The van der Waals surface area contributed by atoms with Crippen LogP contribution in [0.3, 0.4) is 0 Å². The van der Waals surface area contributed by atoms with E-state index in [1.54, 1.807) is 0 Å². The van der Waals surface area contributed by atoms with Crippen molar-refractivity contribution in [2.75, 3.05) is 5.73 Å². The molecule has 0 aliphatic heterocycles. The predicted octanol–water partition coefficient (Wildman–Crippen LogP) is 4.00. The number of nitrogens with two attached hydrogens (primary N) is 1. The number of hydrogen-bond donors (Lipinski definition) is 1. The average molecular weight is 323 g/mol. The molecule has 0 radical (unpaired) electrons. The van der Waals surface area contributed by atoms with Gasteiger partial charge >= 0.3 is 0 Å². The molecule has 0 atom stereocenters. The van der Waals surface area contributed by atoms with Gasteiger partial charge < -0.3 is 5.73 Å². The average Bonchev–Trinajstić information content (AvgIpc) is 2.66. The van der Waals surface area contributed by atoms with Crippen molar-refractivity contribution >= 4 is 38.7 Å². The van der Waals surface area contributed by atoms with Crippen LogP contribution in [0.25, 0.3) is 16.9 Å². The second-order valence-electron chi connectivity index (χ2n) is 3.95. The van der Waals surface area contributed by atoms with Gasteiger partial charge in [0.2, 0.25) is 0 Å². The van der Waals surface area contributed by atoms with Crippen LogP contribution in [0.1, 0.15) is 0 Å². The molecule has 0 amide bonds. The minimum absolute atomic E-state index is 0.685. The molecular weight excluding hydrogens is 314 g/mol. The number of aromatic nitrogens is 2. The summed E-state index contributed by atoms with van der Waals surface area (Å²) in [5.74, 6) is 0.812. The molecule has 2 N–H and O–H groups in total. The second kappa shape index (κ2) is 4.30. The Morgan fingerprint density at radius 1 is 1.22 bits per heavy atom. The standard InChI is InChI=1S/C13H9BrClN3/c14-12-11-5-4-10(16)7-18(11)13(17-12)8-2-1-3-9(15)6-8/h1-7H,16H2. The number of nitrogens with zero attached hydrogens (tertiary/aromatic N) is 2. The van der Waals surface area contributed by atoms with Crippen LogP contribution in [0.15, 0.2) is 47.2 Å². The first-order chi connectivity index (χ1) is 8.65. The minimum atomic E-state index is 0.685. The number of rotatable bonds is 1. The Labute approximate surface area is 117 Å². The number of imidazole rings is 1. The molecule has 0 fully saturated rings. The summed E-state index contributed by atoms with van der Waals surface area (Å²) in [7, 11) is 0. The molecule has 1 aromatic carbocycles. The van der Waals surface area contributed by atoms with Gasteiger partial charge in [0.15, 0.2) is 0 Å². The molecule has 0 bridgehead atoms. The number of fused-ring (bicyclic) bond motifs is 1. The van der Waals surface area contributed by atoms with E-state index >= 15 is 0 Å². The summed E-state index contributed by atoms with van der Waals surface area (Å²) in [6.07, 6.45) is 1.85. The Balaban J connectivity index is 2.32. The van der Waals surface area contributed by atoms with Crippen LogP contribution in [0, 0.1) is 0 Å². The van der Waals surface area contributed by atoms with Crippen molar-refractivity contribution in [2.24, 2.45) is 0 Å². The highest BCUT2D eigenvalue weighted by atomic mass is 79.9. The van der Waals surface area contributed by atoms with Crippen molar-refractivity contribution in [3.05, 3.63) is 52.2 Å². The lowest BCUT2D eigenvalue weighted by Crippen LogP contribution is -1.92. The highest BCUT2D eigenvalue weighted by Gasteiger charge is 2.11. The molecule has 0 aliphatic carbocycles. The van der Waals surface area contributed by atoms with Crippen LogP contribution < -0.4 is 5.73 Å². The third-order valence-corrected chi connectivity index (χ3v) is 3.52. The molecule has 3 aromatic rings. The molecular formula is C13H9BrClN3. The van der Waals surface area contributed by atoms with Gasteiger partial charge in [0.25, 0.3) is 0 Å². The van der Waals surface area contributed by atoms with E-state index in [4.69, 9.17) is 17.3 Å². The molecule has 5 heteroatoms. The Morgan fingerprint density at radius 2 is 2.06 bits per heavy atom. The van der Waals surface area contributed by atoms with Crippen LogP contribution in [0.2, 0.25) is 5.02 Å². The summed E-state index contributed by atoms with van der Waals surface area (Å²) >= 11 is 9.46. The van der Waals surface area contributed by atoms with Gasteiger partial charge in [0, 0.05) is 22.5 Å². The Bertz CT molecular complexity index is 736. The zero-order valence-corrected chi connectivity index (χ0v) is 11.6. The minimum Gasteiger partial charge on any atom is -0.398 e. The van der Waals surface area contributed by atoms with E-state index in [-0.39, 0.29) is 0 Å². The van der Waals surface area contributed by atoms with Crippen LogP contribution >= 0.6 is 27.5 Å². The highest BCUT2D eigenvalue weighted by molar-refractivity contribution is 9.10. The van der Waals surface area contributed by atoms with E-state index in [9.17, 15) is 0 Å². The Kier molecular flexibility index (Phi) is 2.76. The largest absolute Gasteiger partial charge is 0.398 e. The van der Waals surface area contributed by atoms with Gasteiger partial charge in [0.05, 0.1) is 5.52 Å². The van der Waals surface area contributed by atoms with Gasteiger partial charge in [-0.15, -0.1) is 0 Å². The summed E-state index contributed by atoms with van der Waals surface area (Å²) in [5.41, 5.74) is 8.43. The van der Waals surface area contributed by atoms with E-state index in [0.29, 0.717) is 10.7 Å². The van der Waals surface area contributed by atoms with Crippen LogP contribution in [0.5, 0.6) is 0 Å². The molecule has 0 unspecified atom stereocenters. The lowest BCUT2D eigenvalue weighted by atomic mass is 10.2. The Hall–Kier alpha value is -1.52. The molecule has 3 rings (SSSR count). The zero-order valence-electron chi connectivity index (χ0n) is 9.27. The molecule has 3 nitrogen and oxygen atoms in total. The fourth-order valence-electron chi connectivity index (χ4n) is 1.90. The van der Waals surface area contributed by atoms with E-state index < -0.39 is 0 Å². The van der Waals surface area contributed by atoms with E-state index in [2.05, 4.69) is 20.9 Å².